The summed E-state index contributed by atoms with van der Waals surface area (Å²) in [6.45, 7) is 1.29. The zero-order chi connectivity index (χ0) is 21.7. The molecule has 1 aliphatic heterocycles. The van der Waals surface area contributed by atoms with E-state index in [4.69, 9.17) is 0 Å². The van der Waals surface area contributed by atoms with Crippen LogP contribution in [-0.4, -0.2) is 53.4 Å². The van der Waals surface area contributed by atoms with Crippen molar-refractivity contribution < 1.29 is 14.3 Å². The molecule has 1 aliphatic rings. The SMILES string of the molecule is CN1CCn2c(c(O)c3c(=O)n(Cc4ccc(F)cc4)nc(Cn4ccnc4)c32)C1=O. The van der Waals surface area contributed by atoms with Crippen molar-refractivity contribution in [2.45, 2.75) is 19.6 Å². The fourth-order valence-corrected chi connectivity index (χ4v) is 3.98. The molecular weight excluding hydrogens is 403 g/mol. The van der Waals surface area contributed by atoms with E-state index in [0.717, 1.165) is 0 Å². The summed E-state index contributed by atoms with van der Waals surface area (Å²) in [5.41, 5.74) is 1.23. The molecule has 1 aromatic carbocycles. The number of imidazole rings is 1. The maximum atomic E-state index is 13.3. The van der Waals surface area contributed by atoms with Gasteiger partial charge in [-0.1, -0.05) is 12.1 Å². The van der Waals surface area contributed by atoms with Gasteiger partial charge in [0.25, 0.3) is 11.5 Å². The van der Waals surface area contributed by atoms with Gasteiger partial charge in [0.1, 0.15) is 16.9 Å². The van der Waals surface area contributed by atoms with E-state index in [1.54, 1.807) is 47.0 Å². The Labute approximate surface area is 175 Å². The van der Waals surface area contributed by atoms with Crippen molar-refractivity contribution in [3.63, 3.8) is 0 Å². The number of fused-ring (bicyclic) bond motifs is 3. The lowest BCUT2D eigenvalue weighted by molar-refractivity contribution is 0.0747. The summed E-state index contributed by atoms with van der Waals surface area (Å²) in [7, 11) is 1.65. The Bertz CT molecular complexity index is 1360. The van der Waals surface area contributed by atoms with Crippen LogP contribution in [0, 0.1) is 5.82 Å². The minimum atomic E-state index is -0.511. The van der Waals surface area contributed by atoms with Crippen LogP contribution >= 0.6 is 0 Å². The van der Waals surface area contributed by atoms with Crippen LogP contribution in [0.5, 0.6) is 5.75 Å². The summed E-state index contributed by atoms with van der Waals surface area (Å²) in [6, 6.07) is 5.78. The summed E-state index contributed by atoms with van der Waals surface area (Å²) in [5, 5.41) is 15.5. The number of likely N-dealkylation sites (N-methyl/N-ethyl adjacent to an activating group) is 1. The minimum Gasteiger partial charge on any atom is -0.505 e. The van der Waals surface area contributed by atoms with Crippen LogP contribution in [0.1, 0.15) is 21.7 Å². The molecule has 0 spiro atoms. The second kappa shape index (κ2) is 7.08. The van der Waals surface area contributed by atoms with Gasteiger partial charge in [-0.05, 0) is 17.7 Å². The maximum Gasteiger partial charge on any atom is 0.280 e. The van der Waals surface area contributed by atoms with Gasteiger partial charge in [0.05, 0.1) is 24.9 Å². The summed E-state index contributed by atoms with van der Waals surface area (Å²) < 4.78 is 18.0. The number of aromatic nitrogens is 5. The molecule has 1 amide bonds. The van der Waals surface area contributed by atoms with Gasteiger partial charge in [-0.3, -0.25) is 9.59 Å². The smallest absolute Gasteiger partial charge is 0.280 e. The number of hydrogen-bond donors (Lipinski definition) is 1. The summed E-state index contributed by atoms with van der Waals surface area (Å²) >= 11 is 0. The number of halogens is 1. The molecule has 9 nitrogen and oxygen atoms in total. The van der Waals surface area contributed by atoms with Crippen LogP contribution in [0.4, 0.5) is 4.39 Å². The number of aromatic hydroxyl groups is 1. The number of benzene rings is 1. The van der Waals surface area contributed by atoms with Gasteiger partial charge in [-0.2, -0.15) is 5.10 Å². The highest BCUT2D eigenvalue weighted by Gasteiger charge is 2.32. The predicted molar refractivity (Wildman–Crippen MR) is 109 cm³/mol. The number of rotatable bonds is 4. The van der Waals surface area contributed by atoms with E-state index in [0.29, 0.717) is 36.4 Å². The Hall–Kier alpha value is -3.95. The first-order valence-corrected chi connectivity index (χ1v) is 9.75. The van der Waals surface area contributed by atoms with Gasteiger partial charge < -0.3 is 19.1 Å². The average molecular weight is 422 g/mol. The highest BCUT2D eigenvalue weighted by Crippen LogP contribution is 2.34. The lowest BCUT2D eigenvalue weighted by Crippen LogP contribution is -2.37. The highest BCUT2D eigenvalue weighted by molar-refractivity contribution is 6.04. The minimum absolute atomic E-state index is 0.0610. The molecule has 0 saturated carbocycles. The molecule has 0 atom stereocenters. The molecule has 5 rings (SSSR count). The topological polar surface area (TPSA) is 98.2 Å². The number of amides is 1. The number of hydrogen-bond acceptors (Lipinski definition) is 5. The first-order valence-electron chi connectivity index (χ1n) is 9.75. The van der Waals surface area contributed by atoms with E-state index in [1.807, 2.05) is 0 Å². The molecule has 4 heterocycles. The number of nitrogens with zero attached hydrogens (tertiary/aromatic N) is 6. The Morgan fingerprint density at radius 3 is 2.61 bits per heavy atom. The number of carbonyl (C=O) groups excluding carboxylic acids is 1. The largest absolute Gasteiger partial charge is 0.505 e. The van der Waals surface area contributed by atoms with Crippen LogP contribution in [0.3, 0.4) is 0 Å². The summed E-state index contributed by atoms with van der Waals surface area (Å²) in [6.07, 6.45) is 5.03. The third kappa shape index (κ3) is 3.07. The molecule has 4 aromatic rings. The standard InChI is InChI=1S/C21H19FN6O3/c1-25-8-9-27-17-15(11-26-7-6-23-12-26)24-28(10-13-2-4-14(22)5-3-13)20(30)16(17)19(29)18(27)21(25)31/h2-7,12,29H,8-11H2,1H3. The summed E-state index contributed by atoms with van der Waals surface area (Å²) in [4.78, 5) is 31.6. The normalized spacial score (nSPS) is 13.7. The van der Waals surface area contributed by atoms with E-state index in [2.05, 4.69) is 10.1 Å². The van der Waals surface area contributed by atoms with Crippen LogP contribution in [0.2, 0.25) is 0 Å². The van der Waals surface area contributed by atoms with E-state index < -0.39 is 5.56 Å². The third-order valence-electron chi connectivity index (χ3n) is 5.55. The van der Waals surface area contributed by atoms with Gasteiger partial charge in [-0.15, -0.1) is 0 Å². The quantitative estimate of drug-likeness (QED) is 0.536. The van der Waals surface area contributed by atoms with Crippen molar-refractivity contribution in [1.82, 2.24) is 28.8 Å². The molecule has 10 heteroatoms. The van der Waals surface area contributed by atoms with Gasteiger partial charge in [-0.25, -0.2) is 14.1 Å². The first kappa shape index (κ1) is 19.0. The predicted octanol–water partition coefficient (Wildman–Crippen LogP) is 1.42. The first-order chi connectivity index (χ1) is 14.9. The average Bonchev–Trinajstić information content (AvgIpc) is 3.36. The molecule has 158 valence electrons. The van der Waals surface area contributed by atoms with E-state index >= 15 is 0 Å². The van der Waals surface area contributed by atoms with Gasteiger partial charge >= 0.3 is 0 Å². The Morgan fingerprint density at radius 1 is 1.13 bits per heavy atom. The van der Waals surface area contributed by atoms with E-state index in [9.17, 15) is 19.1 Å². The highest BCUT2D eigenvalue weighted by atomic mass is 19.1. The molecule has 0 aliphatic carbocycles. The Balaban J connectivity index is 1.75. The zero-order valence-electron chi connectivity index (χ0n) is 16.7. The second-order valence-corrected chi connectivity index (χ2v) is 7.57. The van der Waals surface area contributed by atoms with Crippen molar-refractivity contribution in [3.8, 4) is 5.75 Å². The monoisotopic (exact) mass is 422 g/mol. The van der Waals surface area contributed by atoms with E-state index in [1.165, 1.54) is 21.7 Å². The molecule has 0 fully saturated rings. The van der Waals surface area contributed by atoms with Gasteiger partial charge in [0.2, 0.25) is 0 Å². The fraction of sp³-hybridized carbons (Fsp3) is 0.238. The van der Waals surface area contributed by atoms with Crippen molar-refractivity contribution in [2.75, 3.05) is 13.6 Å². The van der Waals surface area contributed by atoms with Crippen molar-refractivity contribution >= 4 is 16.8 Å². The molecule has 31 heavy (non-hydrogen) atoms. The molecule has 0 radical (unpaired) electrons. The Morgan fingerprint density at radius 2 is 1.90 bits per heavy atom. The molecule has 3 aromatic heterocycles. The maximum absolute atomic E-state index is 13.3. The van der Waals surface area contributed by atoms with Crippen LogP contribution in [0.15, 0.2) is 47.8 Å². The lowest BCUT2D eigenvalue weighted by atomic mass is 10.2. The molecule has 0 saturated heterocycles. The van der Waals surface area contributed by atoms with Crippen LogP contribution in [0.25, 0.3) is 10.9 Å². The molecule has 0 unspecified atom stereocenters. The second-order valence-electron chi connectivity index (χ2n) is 7.57. The number of carbonyl (C=O) groups is 1. The fourth-order valence-electron chi connectivity index (χ4n) is 3.98. The van der Waals surface area contributed by atoms with Crippen LogP contribution < -0.4 is 5.56 Å². The van der Waals surface area contributed by atoms with Gasteiger partial charge in [0, 0.05) is 32.5 Å². The third-order valence-corrected chi connectivity index (χ3v) is 5.55. The molecular formula is C21H19FN6O3. The zero-order valence-corrected chi connectivity index (χ0v) is 16.7. The van der Waals surface area contributed by atoms with Gasteiger partial charge in [0.15, 0.2) is 11.4 Å². The molecule has 0 bridgehead atoms. The molecule has 1 N–H and O–H groups in total. The van der Waals surface area contributed by atoms with E-state index in [-0.39, 0.29) is 35.1 Å². The van der Waals surface area contributed by atoms with Crippen molar-refractivity contribution in [1.29, 1.82) is 0 Å². The van der Waals surface area contributed by atoms with Crippen molar-refractivity contribution in [3.05, 3.63) is 76.1 Å². The summed E-state index contributed by atoms with van der Waals surface area (Å²) in [5.74, 6) is -1.06. The Kier molecular flexibility index (Phi) is 4.35. The van der Waals surface area contributed by atoms with Crippen LogP contribution in [-0.2, 0) is 19.6 Å². The lowest BCUT2D eigenvalue weighted by Gasteiger charge is -2.25. The van der Waals surface area contributed by atoms with Crippen molar-refractivity contribution in [2.24, 2.45) is 0 Å².